The van der Waals surface area contributed by atoms with Gasteiger partial charge in [0, 0.05) is 49.4 Å². The average molecular weight is 763 g/mol. The third-order valence-electron chi connectivity index (χ3n) is 12.5. The van der Waals surface area contributed by atoms with E-state index in [1.54, 1.807) is 0 Å². The maximum atomic E-state index is 5.51. The largest absolute Gasteiger partial charge is 0.309 e. The molecule has 4 nitrogen and oxygen atoms in total. The van der Waals surface area contributed by atoms with Crippen LogP contribution < -0.4 is 0 Å². The van der Waals surface area contributed by atoms with E-state index >= 15 is 0 Å². The minimum Gasteiger partial charge on any atom is -0.309 e. The van der Waals surface area contributed by atoms with Gasteiger partial charge in [-0.05, 0) is 86.9 Å². The van der Waals surface area contributed by atoms with Gasteiger partial charge in [-0.25, -0.2) is 9.97 Å². The van der Waals surface area contributed by atoms with Gasteiger partial charge in [-0.2, -0.15) is 0 Å². The van der Waals surface area contributed by atoms with Gasteiger partial charge in [-0.3, -0.25) is 0 Å². The van der Waals surface area contributed by atoms with Gasteiger partial charge in [0.2, 0.25) is 0 Å². The summed E-state index contributed by atoms with van der Waals surface area (Å²) in [4.78, 5) is 10.6. The molecule has 0 N–H and O–H groups in total. The van der Waals surface area contributed by atoms with E-state index in [-0.39, 0.29) is 0 Å². The molecule has 13 rings (SSSR count). The maximum Gasteiger partial charge on any atom is 0.160 e. The van der Waals surface area contributed by atoms with E-state index in [0.717, 1.165) is 50.1 Å². The van der Waals surface area contributed by atoms with E-state index in [1.165, 1.54) is 64.9 Å². The van der Waals surface area contributed by atoms with Crippen molar-refractivity contribution in [3.63, 3.8) is 0 Å². The number of rotatable bonds is 4. The first kappa shape index (κ1) is 32.9. The van der Waals surface area contributed by atoms with Crippen LogP contribution in [0.4, 0.5) is 0 Å². The van der Waals surface area contributed by atoms with Crippen molar-refractivity contribution in [2.24, 2.45) is 0 Å². The van der Waals surface area contributed by atoms with Crippen LogP contribution in [0.5, 0.6) is 0 Å². The van der Waals surface area contributed by atoms with Gasteiger partial charge in [0.25, 0.3) is 0 Å². The van der Waals surface area contributed by atoms with E-state index in [9.17, 15) is 0 Å². The molecule has 10 aromatic carbocycles. The monoisotopic (exact) mass is 762 g/mol. The molecule has 0 amide bonds. The van der Waals surface area contributed by atoms with Crippen LogP contribution in [0.2, 0.25) is 0 Å². The normalized spacial score (nSPS) is 12.0. The summed E-state index contributed by atoms with van der Waals surface area (Å²) in [6.45, 7) is 0. The van der Waals surface area contributed by atoms with E-state index in [0.29, 0.717) is 5.82 Å². The Labute approximate surface area is 344 Å². The van der Waals surface area contributed by atoms with E-state index in [2.05, 4.69) is 209 Å². The van der Waals surface area contributed by atoms with Crippen LogP contribution in [0.15, 0.2) is 206 Å². The van der Waals surface area contributed by atoms with E-state index < -0.39 is 0 Å². The van der Waals surface area contributed by atoms with Crippen LogP contribution in [-0.2, 0) is 0 Å². The van der Waals surface area contributed by atoms with Crippen LogP contribution in [0, 0.1) is 0 Å². The lowest BCUT2D eigenvalue weighted by atomic mass is 9.89. The lowest BCUT2D eigenvalue weighted by Crippen LogP contribution is -2.00. The van der Waals surface area contributed by atoms with Gasteiger partial charge in [-0.15, -0.1) is 0 Å². The number of nitrogens with zero attached hydrogens (tertiary/aromatic N) is 4. The Hall–Kier alpha value is -8.08. The standard InChI is InChI=1S/C56H34N4/c1-3-17-35(18-4-1)56-57-47-28-14-11-25-42(47)55(58-56)46-34-37(33-45-40-23-8-7-21-38(40)39-22-9-10-24-41(39)52(45)46)60-49-30-16-13-27-44(49)54-51(60)32-31-50-53(54)43-26-12-15-29-48(43)59(50)36-19-5-2-6-20-36/h1-34H. The van der Waals surface area contributed by atoms with Crippen LogP contribution in [0.1, 0.15) is 0 Å². The lowest BCUT2D eigenvalue weighted by molar-refractivity contribution is 1.17. The fourth-order valence-corrected chi connectivity index (χ4v) is 9.98. The van der Waals surface area contributed by atoms with E-state index in [4.69, 9.17) is 9.97 Å². The fraction of sp³-hybridized carbons (Fsp3) is 0. The Morgan fingerprint density at radius 2 is 0.783 bits per heavy atom. The third kappa shape index (κ3) is 4.67. The highest BCUT2D eigenvalue weighted by Crippen LogP contribution is 2.46. The Kier molecular flexibility index (Phi) is 6.98. The third-order valence-corrected chi connectivity index (χ3v) is 12.5. The number of fused-ring (bicyclic) bond motifs is 14. The molecule has 60 heavy (non-hydrogen) atoms. The predicted octanol–water partition coefficient (Wildman–Crippen LogP) is 14.6. The number of aromatic nitrogens is 4. The minimum atomic E-state index is 0.710. The molecule has 4 heteroatoms. The number of benzene rings is 10. The van der Waals surface area contributed by atoms with Crippen molar-refractivity contribution < 1.29 is 0 Å². The fourth-order valence-electron chi connectivity index (χ4n) is 9.98. The van der Waals surface area contributed by atoms with Crippen LogP contribution in [0.25, 0.3) is 121 Å². The van der Waals surface area contributed by atoms with Gasteiger partial charge in [0.05, 0.1) is 33.3 Å². The molecule has 13 aromatic rings. The smallest absolute Gasteiger partial charge is 0.160 e. The molecule has 278 valence electrons. The average Bonchev–Trinajstić information content (AvgIpc) is 3.84. The summed E-state index contributed by atoms with van der Waals surface area (Å²) in [6, 6.07) is 74.4. The summed E-state index contributed by atoms with van der Waals surface area (Å²) in [6.07, 6.45) is 0. The van der Waals surface area contributed by atoms with E-state index in [1.807, 2.05) is 6.07 Å². The Bertz CT molecular complexity index is 3880. The van der Waals surface area contributed by atoms with Gasteiger partial charge in [0.1, 0.15) is 0 Å². The van der Waals surface area contributed by atoms with Gasteiger partial charge >= 0.3 is 0 Å². The van der Waals surface area contributed by atoms with Crippen molar-refractivity contribution in [1.82, 2.24) is 19.1 Å². The SMILES string of the molecule is c1ccc(-c2nc(-c3cc(-n4c5ccccc5c5c6c7ccccc7n(-c7ccccc7)c6ccc54)cc4c5ccccc5c5ccccc5c34)c3ccccc3n2)cc1. The highest BCUT2D eigenvalue weighted by Gasteiger charge is 2.23. The summed E-state index contributed by atoms with van der Waals surface area (Å²) in [5, 5.41) is 13.2. The molecule has 3 aromatic heterocycles. The molecular weight excluding hydrogens is 729 g/mol. The van der Waals surface area contributed by atoms with Crippen molar-refractivity contribution in [1.29, 1.82) is 0 Å². The Morgan fingerprint density at radius 1 is 0.300 bits per heavy atom. The highest BCUT2D eigenvalue weighted by atomic mass is 15.0. The van der Waals surface area contributed by atoms with Crippen LogP contribution in [-0.4, -0.2) is 19.1 Å². The molecule has 0 spiro atoms. The molecule has 3 heterocycles. The molecule has 0 unspecified atom stereocenters. The second-order valence-corrected chi connectivity index (χ2v) is 15.7. The summed E-state index contributed by atoms with van der Waals surface area (Å²) < 4.78 is 4.89. The molecular formula is C56H34N4. The minimum absolute atomic E-state index is 0.710. The lowest BCUT2D eigenvalue weighted by Gasteiger charge is -2.19. The first-order chi connectivity index (χ1) is 29.8. The quantitative estimate of drug-likeness (QED) is 0.167. The maximum absolute atomic E-state index is 5.51. The molecule has 0 aliphatic carbocycles. The molecule has 0 fully saturated rings. The van der Waals surface area contributed by atoms with Gasteiger partial charge in [-0.1, -0.05) is 152 Å². The number of para-hydroxylation sites is 4. The van der Waals surface area contributed by atoms with Crippen LogP contribution >= 0.6 is 0 Å². The second kappa shape index (κ2) is 12.7. The molecule has 0 bridgehead atoms. The summed E-state index contributed by atoms with van der Waals surface area (Å²) in [7, 11) is 0. The van der Waals surface area contributed by atoms with Crippen molar-refractivity contribution in [3.05, 3.63) is 206 Å². The van der Waals surface area contributed by atoms with Crippen molar-refractivity contribution in [2.75, 3.05) is 0 Å². The first-order valence-corrected chi connectivity index (χ1v) is 20.5. The summed E-state index contributed by atoms with van der Waals surface area (Å²) in [5.41, 5.74) is 10.8. The Balaban J connectivity index is 1.21. The zero-order valence-corrected chi connectivity index (χ0v) is 32.4. The number of hydrogen-bond acceptors (Lipinski definition) is 2. The summed E-state index contributed by atoms with van der Waals surface area (Å²) in [5.74, 6) is 0.710. The van der Waals surface area contributed by atoms with Crippen molar-refractivity contribution in [3.8, 4) is 34.0 Å². The Morgan fingerprint density at radius 3 is 1.43 bits per heavy atom. The topological polar surface area (TPSA) is 35.6 Å². The molecule has 0 saturated heterocycles. The van der Waals surface area contributed by atoms with Gasteiger partial charge in [0.15, 0.2) is 5.82 Å². The summed E-state index contributed by atoms with van der Waals surface area (Å²) >= 11 is 0. The molecule has 0 aliphatic rings. The zero-order valence-electron chi connectivity index (χ0n) is 32.4. The van der Waals surface area contributed by atoms with Gasteiger partial charge < -0.3 is 9.13 Å². The molecule has 0 saturated carbocycles. The van der Waals surface area contributed by atoms with Crippen molar-refractivity contribution in [2.45, 2.75) is 0 Å². The van der Waals surface area contributed by atoms with Crippen LogP contribution in [0.3, 0.4) is 0 Å². The zero-order chi connectivity index (χ0) is 39.3. The van der Waals surface area contributed by atoms with Crippen molar-refractivity contribution >= 4 is 86.8 Å². The predicted molar refractivity (Wildman–Crippen MR) is 252 cm³/mol. The molecule has 0 radical (unpaired) electrons. The number of hydrogen-bond donors (Lipinski definition) is 0. The molecule has 0 aliphatic heterocycles. The highest BCUT2D eigenvalue weighted by molar-refractivity contribution is 6.31. The molecule has 0 atom stereocenters. The second-order valence-electron chi connectivity index (χ2n) is 15.7. The first-order valence-electron chi connectivity index (χ1n) is 20.5.